The molecule has 9 heteroatoms. The number of nitrogens with zero attached hydrogens (tertiary/aromatic N) is 2. The van der Waals surface area contributed by atoms with Gasteiger partial charge in [-0.1, -0.05) is 78.2 Å². The summed E-state index contributed by atoms with van der Waals surface area (Å²) in [4.78, 5) is 28.7. The molecule has 0 unspecified atom stereocenters. The third-order valence-electron chi connectivity index (χ3n) is 6.30. The smallest absolute Gasteiger partial charge is 0.264 e. The van der Waals surface area contributed by atoms with Crippen LogP contribution in [-0.2, 0) is 26.2 Å². The van der Waals surface area contributed by atoms with Gasteiger partial charge in [0.1, 0.15) is 12.6 Å². The number of carbonyl (C=O) groups is 2. The Hall–Kier alpha value is -3.36. The molecule has 0 radical (unpaired) electrons. The molecule has 0 aliphatic carbocycles. The minimum atomic E-state index is -4.17. The molecule has 0 bridgehead atoms. The first-order valence-electron chi connectivity index (χ1n) is 12.9. The zero-order valence-electron chi connectivity index (χ0n) is 23.0. The Kier molecular flexibility index (Phi) is 10.2. The van der Waals surface area contributed by atoms with E-state index >= 15 is 0 Å². The number of nitrogens with one attached hydrogen (secondary N) is 1. The lowest BCUT2D eigenvalue weighted by Gasteiger charge is -2.33. The van der Waals surface area contributed by atoms with Crippen molar-refractivity contribution in [2.75, 3.05) is 10.8 Å². The lowest BCUT2D eigenvalue weighted by Crippen LogP contribution is -2.53. The van der Waals surface area contributed by atoms with E-state index < -0.39 is 28.5 Å². The van der Waals surface area contributed by atoms with E-state index in [4.69, 9.17) is 11.6 Å². The molecule has 0 spiro atoms. The SMILES string of the molecule is CC[C@@H](C(=O)NC(C)C)N(Cc1ccc(C)cc1)C(=O)CN(c1ccccc1Cl)S(=O)(=O)c1ccc(C)cc1. The summed E-state index contributed by atoms with van der Waals surface area (Å²) in [6.07, 6.45) is 0.354. The first-order chi connectivity index (χ1) is 18.4. The van der Waals surface area contributed by atoms with Crippen LogP contribution in [0.2, 0.25) is 5.02 Å². The van der Waals surface area contributed by atoms with Crippen LogP contribution in [0.1, 0.15) is 43.9 Å². The van der Waals surface area contributed by atoms with E-state index in [1.54, 1.807) is 36.4 Å². The summed E-state index contributed by atoms with van der Waals surface area (Å²) >= 11 is 6.45. The minimum absolute atomic E-state index is 0.0375. The highest BCUT2D eigenvalue weighted by Gasteiger charge is 2.34. The van der Waals surface area contributed by atoms with Gasteiger partial charge in [-0.15, -0.1) is 0 Å². The molecule has 1 atom stereocenters. The van der Waals surface area contributed by atoms with Crippen LogP contribution in [0, 0.1) is 13.8 Å². The third-order valence-corrected chi connectivity index (χ3v) is 8.39. The highest BCUT2D eigenvalue weighted by atomic mass is 35.5. The van der Waals surface area contributed by atoms with E-state index in [9.17, 15) is 18.0 Å². The van der Waals surface area contributed by atoms with Crippen molar-refractivity contribution in [2.24, 2.45) is 0 Å². The molecular weight excluding hydrogens is 534 g/mol. The summed E-state index contributed by atoms with van der Waals surface area (Å²) in [5.74, 6) is -0.810. The van der Waals surface area contributed by atoms with Crippen LogP contribution in [-0.4, -0.2) is 43.8 Å². The summed E-state index contributed by atoms with van der Waals surface area (Å²) in [6, 6.07) is 19.7. The predicted octanol–water partition coefficient (Wildman–Crippen LogP) is 5.48. The van der Waals surface area contributed by atoms with Crippen LogP contribution >= 0.6 is 11.6 Å². The number of halogens is 1. The van der Waals surface area contributed by atoms with Crippen LogP contribution < -0.4 is 9.62 Å². The van der Waals surface area contributed by atoms with Crippen LogP contribution in [0.4, 0.5) is 5.69 Å². The maximum absolute atomic E-state index is 14.0. The Morgan fingerprint density at radius 3 is 2.00 bits per heavy atom. The fraction of sp³-hybridized carbons (Fsp3) is 0.333. The van der Waals surface area contributed by atoms with Crippen LogP contribution in [0.5, 0.6) is 0 Å². The molecule has 0 aliphatic heterocycles. The van der Waals surface area contributed by atoms with Gasteiger partial charge in [0.15, 0.2) is 0 Å². The summed E-state index contributed by atoms with van der Waals surface area (Å²) in [5, 5.41) is 3.08. The van der Waals surface area contributed by atoms with Crippen molar-refractivity contribution < 1.29 is 18.0 Å². The average molecular weight is 570 g/mol. The number of anilines is 1. The second-order valence-corrected chi connectivity index (χ2v) is 12.1. The Morgan fingerprint density at radius 2 is 1.46 bits per heavy atom. The van der Waals surface area contributed by atoms with Gasteiger partial charge in [-0.25, -0.2) is 8.42 Å². The van der Waals surface area contributed by atoms with Gasteiger partial charge in [0.05, 0.1) is 15.6 Å². The maximum Gasteiger partial charge on any atom is 0.264 e. The van der Waals surface area contributed by atoms with E-state index in [-0.39, 0.29) is 34.1 Å². The highest BCUT2D eigenvalue weighted by Crippen LogP contribution is 2.31. The van der Waals surface area contributed by atoms with Crippen molar-refractivity contribution >= 4 is 39.1 Å². The average Bonchev–Trinajstić information content (AvgIpc) is 2.88. The zero-order chi connectivity index (χ0) is 28.7. The molecule has 208 valence electrons. The highest BCUT2D eigenvalue weighted by molar-refractivity contribution is 7.92. The number of carbonyl (C=O) groups excluding carboxylic acids is 2. The molecule has 0 aromatic heterocycles. The van der Waals surface area contributed by atoms with Crippen molar-refractivity contribution in [3.8, 4) is 0 Å². The molecule has 3 aromatic carbocycles. The third kappa shape index (κ3) is 7.61. The zero-order valence-corrected chi connectivity index (χ0v) is 24.6. The molecular formula is C30H36ClN3O4S. The van der Waals surface area contributed by atoms with Crippen LogP contribution in [0.3, 0.4) is 0 Å². The van der Waals surface area contributed by atoms with Gasteiger partial charge in [-0.2, -0.15) is 0 Å². The fourth-order valence-electron chi connectivity index (χ4n) is 4.20. The Balaban J connectivity index is 2.07. The molecule has 1 N–H and O–H groups in total. The van der Waals surface area contributed by atoms with Crippen molar-refractivity contribution in [3.05, 3.63) is 94.5 Å². The van der Waals surface area contributed by atoms with E-state index in [0.29, 0.717) is 6.42 Å². The lowest BCUT2D eigenvalue weighted by molar-refractivity contribution is -0.140. The van der Waals surface area contributed by atoms with Crippen molar-refractivity contribution in [2.45, 2.75) is 64.6 Å². The topological polar surface area (TPSA) is 86.8 Å². The summed E-state index contributed by atoms with van der Waals surface area (Å²) in [6.45, 7) is 8.97. The molecule has 0 fully saturated rings. The summed E-state index contributed by atoms with van der Waals surface area (Å²) in [7, 11) is -4.17. The molecule has 0 saturated carbocycles. The largest absolute Gasteiger partial charge is 0.352 e. The summed E-state index contributed by atoms with van der Waals surface area (Å²) in [5.41, 5.74) is 2.98. The Bertz CT molecular complexity index is 1390. The molecule has 39 heavy (non-hydrogen) atoms. The number of amides is 2. The van der Waals surface area contributed by atoms with Gasteiger partial charge in [0.2, 0.25) is 11.8 Å². The second kappa shape index (κ2) is 13.1. The molecule has 0 heterocycles. The molecule has 7 nitrogen and oxygen atoms in total. The quantitative estimate of drug-likeness (QED) is 0.331. The normalized spacial score (nSPS) is 12.2. The Morgan fingerprint density at radius 1 is 0.897 bits per heavy atom. The number of hydrogen-bond donors (Lipinski definition) is 1. The van der Waals surface area contributed by atoms with Crippen LogP contribution in [0.25, 0.3) is 0 Å². The first kappa shape index (κ1) is 30.2. The number of para-hydroxylation sites is 1. The van der Waals surface area contributed by atoms with E-state index in [2.05, 4.69) is 5.32 Å². The molecule has 3 rings (SSSR count). The van der Waals surface area contributed by atoms with Gasteiger partial charge < -0.3 is 10.2 Å². The standard InChI is InChI=1S/C30H36ClN3O4S/c1-6-27(30(36)32-21(2)3)33(19-24-15-11-22(4)12-16-24)29(35)20-34(28-10-8-7-9-26(28)31)39(37,38)25-17-13-23(5)14-18-25/h7-18,21,27H,6,19-20H2,1-5H3,(H,32,36)/t27-/m0/s1. The van der Waals surface area contributed by atoms with Gasteiger partial charge in [-0.3, -0.25) is 13.9 Å². The van der Waals surface area contributed by atoms with Gasteiger partial charge in [0.25, 0.3) is 10.0 Å². The molecule has 0 saturated heterocycles. The number of benzene rings is 3. The predicted molar refractivity (Wildman–Crippen MR) is 156 cm³/mol. The first-order valence-corrected chi connectivity index (χ1v) is 14.7. The molecule has 3 aromatic rings. The number of aryl methyl sites for hydroxylation is 2. The molecule has 2 amide bonds. The minimum Gasteiger partial charge on any atom is -0.352 e. The van der Waals surface area contributed by atoms with Crippen molar-refractivity contribution in [1.82, 2.24) is 10.2 Å². The van der Waals surface area contributed by atoms with Gasteiger partial charge in [-0.05, 0) is 63.9 Å². The van der Waals surface area contributed by atoms with E-state index in [0.717, 1.165) is 21.0 Å². The number of rotatable bonds is 11. The van der Waals surface area contributed by atoms with E-state index in [1.807, 2.05) is 58.9 Å². The van der Waals surface area contributed by atoms with Gasteiger partial charge >= 0.3 is 0 Å². The number of hydrogen-bond acceptors (Lipinski definition) is 4. The second-order valence-electron chi connectivity index (χ2n) is 9.87. The van der Waals surface area contributed by atoms with Gasteiger partial charge in [0, 0.05) is 12.6 Å². The monoisotopic (exact) mass is 569 g/mol. The summed E-state index contributed by atoms with van der Waals surface area (Å²) < 4.78 is 28.8. The van der Waals surface area contributed by atoms with E-state index in [1.165, 1.54) is 17.0 Å². The Labute approximate surface area is 236 Å². The molecule has 0 aliphatic rings. The number of sulfonamides is 1. The van der Waals surface area contributed by atoms with Crippen LogP contribution in [0.15, 0.2) is 77.7 Å². The van der Waals surface area contributed by atoms with Crippen molar-refractivity contribution in [3.63, 3.8) is 0 Å². The maximum atomic E-state index is 14.0. The van der Waals surface area contributed by atoms with Crippen molar-refractivity contribution in [1.29, 1.82) is 0 Å². The fourth-order valence-corrected chi connectivity index (χ4v) is 5.92. The lowest BCUT2D eigenvalue weighted by atomic mass is 10.1.